The highest BCUT2D eigenvalue weighted by molar-refractivity contribution is 8.18. The number of amidine groups is 1. The fraction of sp³-hybridized carbons (Fsp3) is 0.227. The van der Waals surface area contributed by atoms with Gasteiger partial charge in [-0.25, -0.2) is 9.79 Å². The summed E-state index contributed by atoms with van der Waals surface area (Å²) in [6.07, 6.45) is 1.73. The molecule has 0 bridgehead atoms. The molecule has 31 heavy (non-hydrogen) atoms. The average Bonchev–Trinajstić information content (AvgIpc) is 3.03. The summed E-state index contributed by atoms with van der Waals surface area (Å²) in [5.74, 6) is -0.194. The molecule has 3 rings (SSSR count). The average molecular weight is 461 g/mol. The van der Waals surface area contributed by atoms with Gasteiger partial charge in [-0.1, -0.05) is 17.7 Å². The van der Waals surface area contributed by atoms with E-state index in [0.717, 1.165) is 11.4 Å². The number of halogens is 1. The van der Waals surface area contributed by atoms with E-state index in [4.69, 9.17) is 26.2 Å². The number of amides is 1. The second-order valence-electron chi connectivity index (χ2n) is 6.35. The van der Waals surface area contributed by atoms with Gasteiger partial charge in [0.15, 0.2) is 11.8 Å². The normalized spacial score (nSPS) is 16.2. The van der Waals surface area contributed by atoms with Gasteiger partial charge >= 0.3 is 5.97 Å². The second kappa shape index (κ2) is 10.4. The summed E-state index contributed by atoms with van der Waals surface area (Å²) in [7, 11) is 0. The predicted octanol–water partition coefficient (Wildman–Crippen LogP) is 4.83. The lowest BCUT2D eigenvalue weighted by Gasteiger charge is -2.12. The molecule has 0 aromatic heterocycles. The van der Waals surface area contributed by atoms with Crippen molar-refractivity contribution in [3.63, 3.8) is 0 Å². The first-order valence-corrected chi connectivity index (χ1v) is 10.8. The Morgan fingerprint density at radius 3 is 2.55 bits per heavy atom. The van der Waals surface area contributed by atoms with E-state index in [2.05, 4.69) is 4.99 Å². The minimum Gasteiger partial charge on any atom is -0.494 e. The van der Waals surface area contributed by atoms with Crippen LogP contribution in [-0.4, -0.2) is 46.8 Å². The fourth-order valence-electron chi connectivity index (χ4n) is 2.78. The highest BCUT2D eigenvalue weighted by Gasteiger charge is 2.32. The van der Waals surface area contributed by atoms with Gasteiger partial charge in [-0.2, -0.15) is 0 Å². The number of rotatable bonds is 8. The van der Waals surface area contributed by atoms with Crippen molar-refractivity contribution in [1.29, 1.82) is 0 Å². The number of hydrogen-bond donors (Lipinski definition) is 1. The molecule has 0 aliphatic carbocycles. The molecule has 9 heteroatoms. The van der Waals surface area contributed by atoms with Gasteiger partial charge in [0.05, 0.1) is 22.2 Å². The zero-order valence-electron chi connectivity index (χ0n) is 17.0. The van der Waals surface area contributed by atoms with Gasteiger partial charge in [0.1, 0.15) is 11.5 Å². The SMILES string of the molecule is CCOc1ccc(N=C2S/C(=C/c3ccc(OCC(=O)O)c(Cl)c3)C(=O)N2CC)cc1. The summed E-state index contributed by atoms with van der Waals surface area (Å²) in [6, 6.07) is 12.3. The third kappa shape index (κ3) is 5.80. The molecule has 1 heterocycles. The number of benzene rings is 2. The molecule has 0 radical (unpaired) electrons. The largest absolute Gasteiger partial charge is 0.494 e. The summed E-state index contributed by atoms with van der Waals surface area (Å²) in [5, 5.41) is 9.57. The topological polar surface area (TPSA) is 88.4 Å². The number of hydrogen-bond acceptors (Lipinski definition) is 6. The molecule has 1 aliphatic heterocycles. The molecular formula is C22H21ClN2O5S. The van der Waals surface area contributed by atoms with Crippen LogP contribution in [0.25, 0.3) is 6.08 Å². The van der Waals surface area contributed by atoms with Crippen LogP contribution in [0.15, 0.2) is 52.4 Å². The van der Waals surface area contributed by atoms with Gasteiger partial charge in [0, 0.05) is 6.54 Å². The number of thioether (sulfide) groups is 1. The number of carbonyl (C=O) groups excluding carboxylic acids is 1. The summed E-state index contributed by atoms with van der Waals surface area (Å²) < 4.78 is 10.6. The second-order valence-corrected chi connectivity index (χ2v) is 7.77. The smallest absolute Gasteiger partial charge is 0.341 e. The number of nitrogens with zero attached hydrogens (tertiary/aromatic N) is 2. The minimum atomic E-state index is -1.09. The van der Waals surface area contributed by atoms with Crippen molar-refractivity contribution in [2.75, 3.05) is 19.8 Å². The number of carbonyl (C=O) groups is 2. The van der Waals surface area contributed by atoms with Crippen LogP contribution < -0.4 is 9.47 Å². The van der Waals surface area contributed by atoms with Crippen molar-refractivity contribution in [3.8, 4) is 11.5 Å². The Morgan fingerprint density at radius 2 is 1.94 bits per heavy atom. The Labute approximate surface area is 189 Å². The van der Waals surface area contributed by atoms with Crippen LogP contribution in [0.1, 0.15) is 19.4 Å². The Morgan fingerprint density at radius 1 is 1.19 bits per heavy atom. The maximum absolute atomic E-state index is 12.8. The third-order valence-corrected chi connectivity index (χ3v) is 5.48. The van der Waals surface area contributed by atoms with E-state index in [-0.39, 0.29) is 16.7 Å². The number of aliphatic imine (C=N–C) groups is 1. The molecule has 162 valence electrons. The Hall–Kier alpha value is -2.97. The van der Waals surface area contributed by atoms with Gasteiger partial charge < -0.3 is 14.6 Å². The molecule has 0 atom stereocenters. The predicted molar refractivity (Wildman–Crippen MR) is 122 cm³/mol. The quantitative estimate of drug-likeness (QED) is 0.568. The van der Waals surface area contributed by atoms with Gasteiger partial charge in [0.25, 0.3) is 5.91 Å². The maximum atomic E-state index is 12.8. The summed E-state index contributed by atoms with van der Waals surface area (Å²) in [6.45, 7) is 4.41. The van der Waals surface area contributed by atoms with Crippen LogP contribution in [0, 0.1) is 0 Å². The maximum Gasteiger partial charge on any atom is 0.341 e. The molecule has 7 nitrogen and oxygen atoms in total. The van der Waals surface area contributed by atoms with E-state index >= 15 is 0 Å². The Kier molecular flexibility index (Phi) is 7.59. The molecule has 2 aromatic rings. The van der Waals surface area contributed by atoms with E-state index in [9.17, 15) is 9.59 Å². The lowest BCUT2D eigenvalue weighted by atomic mass is 10.2. The molecule has 2 aromatic carbocycles. The molecule has 0 saturated carbocycles. The van der Waals surface area contributed by atoms with Crippen LogP contribution in [-0.2, 0) is 9.59 Å². The van der Waals surface area contributed by atoms with Crippen molar-refractivity contribution in [3.05, 3.63) is 58.0 Å². The molecule has 1 N–H and O–H groups in total. The summed E-state index contributed by atoms with van der Waals surface area (Å²) >= 11 is 7.46. The third-order valence-electron chi connectivity index (χ3n) is 4.18. The molecule has 1 amide bonds. The highest BCUT2D eigenvalue weighted by atomic mass is 35.5. The number of carboxylic acids is 1. The number of likely N-dealkylation sites (N-methyl/N-ethyl adjacent to an activating group) is 1. The van der Waals surface area contributed by atoms with E-state index in [0.29, 0.717) is 28.8 Å². The Balaban J connectivity index is 1.81. The minimum absolute atomic E-state index is 0.139. The van der Waals surface area contributed by atoms with Crippen LogP contribution in [0.5, 0.6) is 11.5 Å². The summed E-state index contributed by atoms with van der Waals surface area (Å²) in [5.41, 5.74) is 1.42. The highest BCUT2D eigenvalue weighted by Crippen LogP contribution is 2.35. The first-order chi connectivity index (χ1) is 14.9. The first-order valence-electron chi connectivity index (χ1n) is 9.58. The van der Waals surface area contributed by atoms with Crippen LogP contribution in [0.3, 0.4) is 0 Å². The first kappa shape index (κ1) is 22.7. The monoisotopic (exact) mass is 460 g/mol. The molecule has 1 aliphatic rings. The van der Waals surface area contributed by atoms with E-state index in [1.54, 1.807) is 29.2 Å². The Bertz CT molecular complexity index is 1040. The van der Waals surface area contributed by atoms with Gasteiger partial charge in [0.2, 0.25) is 0 Å². The lowest BCUT2D eigenvalue weighted by Crippen LogP contribution is -2.28. The van der Waals surface area contributed by atoms with Crippen molar-refractivity contribution < 1.29 is 24.2 Å². The summed E-state index contributed by atoms with van der Waals surface area (Å²) in [4.78, 5) is 30.2. The van der Waals surface area contributed by atoms with E-state index in [1.165, 1.54) is 11.8 Å². The molecule has 1 saturated heterocycles. The lowest BCUT2D eigenvalue weighted by molar-refractivity contribution is -0.139. The fourth-order valence-corrected chi connectivity index (χ4v) is 4.09. The van der Waals surface area contributed by atoms with Crippen LogP contribution >= 0.6 is 23.4 Å². The zero-order valence-corrected chi connectivity index (χ0v) is 18.6. The van der Waals surface area contributed by atoms with Gasteiger partial charge in [-0.05, 0) is 73.6 Å². The molecular weight excluding hydrogens is 440 g/mol. The number of carboxylic acid groups (broad SMARTS) is 1. The number of ether oxygens (including phenoxy) is 2. The molecule has 0 unspecified atom stereocenters. The van der Waals surface area contributed by atoms with Crippen LogP contribution in [0.4, 0.5) is 5.69 Å². The molecule has 0 spiro atoms. The zero-order chi connectivity index (χ0) is 22.4. The number of aliphatic carboxylic acids is 1. The van der Waals surface area contributed by atoms with E-state index in [1.807, 2.05) is 38.1 Å². The van der Waals surface area contributed by atoms with Crippen molar-refractivity contribution in [1.82, 2.24) is 4.90 Å². The standard InChI is InChI=1S/C22H21ClN2O5S/c1-3-25-21(28)19(12-14-5-10-18(17(23)11-14)30-13-20(26)27)31-22(25)24-15-6-8-16(9-7-15)29-4-2/h5-12H,3-4,13H2,1-2H3,(H,26,27)/b19-12+,24-22?. The van der Waals surface area contributed by atoms with Gasteiger partial charge in [-0.15, -0.1) is 0 Å². The molecule has 1 fully saturated rings. The van der Waals surface area contributed by atoms with Crippen molar-refractivity contribution in [2.24, 2.45) is 4.99 Å². The van der Waals surface area contributed by atoms with Crippen molar-refractivity contribution in [2.45, 2.75) is 13.8 Å². The van der Waals surface area contributed by atoms with Gasteiger partial charge in [-0.3, -0.25) is 9.69 Å². The van der Waals surface area contributed by atoms with Crippen molar-refractivity contribution >= 4 is 52.2 Å². The van der Waals surface area contributed by atoms with Crippen LogP contribution in [0.2, 0.25) is 5.02 Å². The van der Waals surface area contributed by atoms with E-state index < -0.39 is 12.6 Å².